The molecule has 2 aliphatic carbocycles. The van der Waals surface area contributed by atoms with Gasteiger partial charge in [-0.3, -0.25) is 0 Å². The van der Waals surface area contributed by atoms with Crippen LogP contribution in [0.2, 0.25) is 0 Å². The Kier molecular flexibility index (Phi) is 4.57. The number of fused-ring (bicyclic) bond motifs is 1. The first-order chi connectivity index (χ1) is 10.3. The first-order valence-electron chi connectivity index (χ1n) is 8.52. The highest BCUT2D eigenvalue weighted by molar-refractivity contribution is 5.66. The first-order valence-corrected chi connectivity index (χ1v) is 8.52. The van der Waals surface area contributed by atoms with Gasteiger partial charge in [-0.1, -0.05) is 25.5 Å². The van der Waals surface area contributed by atoms with Crippen LogP contribution < -0.4 is 4.90 Å². The molecule has 0 atom stereocenters. The summed E-state index contributed by atoms with van der Waals surface area (Å²) in [5.41, 5.74) is 2.48. The van der Waals surface area contributed by atoms with Crippen LogP contribution in [0.1, 0.15) is 63.1 Å². The smallest absolute Gasteiger partial charge is 0.139 e. The van der Waals surface area contributed by atoms with Crippen molar-refractivity contribution in [1.82, 2.24) is 9.97 Å². The molecular formula is C18H27N3. The monoisotopic (exact) mass is 285 g/mol. The molecule has 3 rings (SSSR count). The van der Waals surface area contributed by atoms with Crippen molar-refractivity contribution >= 4 is 11.9 Å². The number of hydrogen-bond donors (Lipinski definition) is 0. The van der Waals surface area contributed by atoms with Gasteiger partial charge in [0.05, 0.1) is 5.69 Å². The highest BCUT2D eigenvalue weighted by atomic mass is 15.2. The molecule has 2 aliphatic rings. The van der Waals surface area contributed by atoms with Crippen LogP contribution in [-0.2, 0) is 6.42 Å². The lowest BCUT2D eigenvalue weighted by molar-refractivity contribution is 0.313. The SMILES string of the molecule is CCC1CCC(N(C)c2ncnc3c2C=CCCC3)CC1. The largest absolute Gasteiger partial charge is 0.356 e. The second kappa shape index (κ2) is 6.59. The van der Waals surface area contributed by atoms with Crippen molar-refractivity contribution in [3.63, 3.8) is 0 Å². The Bertz CT molecular complexity index is 501. The van der Waals surface area contributed by atoms with E-state index in [9.17, 15) is 0 Å². The molecule has 1 fully saturated rings. The molecule has 0 saturated heterocycles. The van der Waals surface area contributed by atoms with E-state index in [1.165, 1.54) is 49.8 Å². The average molecular weight is 285 g/mol. The summed E-state index contributed by atoms with van der Waals surface area (Å²) in [7, 11) is 2.22. The van der Waals surface area contributed by atoms with E-state index in [1.54, 1.807) is 6.33 Å². The van der Waals surface area contributed by atoms with E-state index in [2.05, 4.69) is 41.0 Å². The maximum atomic E-state index is 4.61. The molecule has 0 unspecified atom stereocenters. The topological polar surface area (TPSA) is 29.0 Å². The maximum absolute atomic E-state index is 4.61. The summed E-state index contributed by atoms with van der Waals surface area (Å²) in [6, 6.07) is 0.642. The minimum Gasteiger partial charge on any atom is -0.356 e. The number of allylic oxidation sites excluding steroid dienone is 1. The van der Waals surface area contributed by atoms with Gasteiger partial charge in [-0.2, -0.15) is 0 Å². The summed E-state index contributed by atoms with van der Waals surface area (Å²) in [6.45, 7) is 2.32. The lowest BCUT2D eigenvalue weighted by Crippen LogP contribution is -2.36. The Balaban J connectivity index is 1.80. The van der Waals surface area contributed by atoms with E-state index < -0.39 is 0 Å². The number of aromatic nitrogens is 2. The predicted molar refractivity (Wildman–Crippen MR) is 88.4 cm³/mol. The van der Waals surface area contributed by atoms with Crippen LogP contribution in [-0.4, -0.2) is 23.1 Å². The quantitative estimate of drug-likeness (QED) is 0.832. The molecule has 21 heavy (non-hydrogen) atoms. The molecule has 0 N–H and O–H groups in total. The van der Waals surface area contributed by atoms with Crippen LogP contribution in [0, 0.1) is 5.92 Å². The molecule has 0 aliphatic heterocycles. The molecule has 114 valence electrons. The van der Waals surface area contributed by atoms with Gasteiger partial charge in [-0.15, -0.1) is 0 Å². The third-order valence-corrected chi connectivity index (χ3v) is 5.29. The zero-order valence-corrected chi connectivity index (χ0v) is 13.4. The first kappa shape index (κ1) is 14.6. The molecule has 3 heteroatoms. The number of hydrogen-bond acceptors (Lipinski definition) is 3. The highest BCUT2D eigenvalue weighted by Gasteiger charge is 2.25. The summed E-state index contributed by atoms with van der Waals surface area (Å²) in [5, 5.41) is 0. The maximum Gasteiger partial charge on any atom is 0.139 e. The van der Waals surface area contributed by atoms with E-state index in [4.69, 9.17) is 0 Å². The summed E-state index contributed by atoms with van der Waals surface area (Å²) in [6.07, 6.45) is 16.4. The van der Waals surface area contributed by atoms with Gasteiger partial charge in [0.1, 0.15) is 12.1 Å². The van der Waals surface area contributed by atoms with Crippen LogP contribution in [0.5, 0.6) is 0 Å². The Morgan fingerprint density at radius 1 is 1.19 bits per heavy atom. The Labute approximate surface area is 128 Å². The van der Waals surface area contributed by atoms with Crippen LogP contribution in [0.3, 0.4) is 0 Å². The van der Waals surface area contributed by atoms with Crippen molar-refractivity contribution in [3.8, 4) is 0 Å². The van der Waals surface area contributed by atoms with Crippen molar-refractivity contribution in [1.29, 1.82) is 0 Å². The summed E-state index contributed by atoms with van der Waals surface area (Å²) >= 11 is 0. The minimum atomic E-state index is 0.642. The summed E-state index contributed by atoms with van der Waals surface area (Å²) < 4.78 is 0. The molecule has 1 saturated carbocycles. The van der Waals surface area contributed by atoms with Crippen LogP contribution in [0.4, 0.5) is 5.82 Å². The van der Waals surface area contributed by atoms with Crippen LogP contribution in [0.25, 0.3) is 6.08 Å². The normalized spacial score (nSPS) is 25.2. The van der Waals surface area contributed by atoms with Gasteiger partial charge in [0.2, 0.25) is 0 Å². The number of rotatable bonds is 3. The van der Waals surface area contributed by atoms with Gasteiger partial charge in [0, 0.05) is 18.7 Å². The fourth-order valence-electron chi connectivity index (χ4n) is 3.77. The van der Waals surface area contributed by atoms with Gasteiger partial charge in [0.15, 0.2) is 0 Å². The van der Waals surface area contributed by atoms with Crippen LogP contribution >= 0.6 is 0 Å². The lowest BCUT2D eigenvalue weighted by Gasteiger charge is -2.35. The zero-order valence-electron chi connectivity index (χ0n) is 13.4. The number of anilines is 1. The van der Waals surface area contributed by atoms with E-state index in [0.717, 1.165) is 24.6 Å². The standard InChI is InChI=1S/C18H27N3/c1-3-14-9-11-15(12-10-14)21(2)18-16-7-5-4-6-8-17(16)19-13-20-18/h5,7,13-15H,3-4,6,8-12H2,1-2H3. The molecule has 0 aromatic carbocycles. The summed E-state index contributed by atoms with van der Waals surface area (Å²) in [5.74, 6) is 2.08. The second-order valence-corrected chi connectivity index (χ2v) is 6.55. The Morgan fingerprint density at radius 2 is 2.00 bits per heavy atom. The van der Waals surface area contributed by atoms with Gasteiger partial charge in [0.25, 0.3) is 0 Å². The van der Waals surface area contributed by atoms with Gasteiger partial charge in [-0.05, 0) is 50.9 Å². The fourth-order valence-corrected chi connectivity index (χ4v) is 3.77. The molecule has 1 aromatic heterocycles. The third kappa shape index (κ3) is 3.12. The van der Waals surface area contributed by atoms with Crippen molar-refractivity contribution in [3.05, 3.63) is 23.7 Å². The predicted octanol–water partition coefficient (Wildman–Crippen LogP) is 4.23. The van der Waals surface area contributed by atoms with E-state index in [-0.39, 0.29) is 0 Å². The zero-order chi connectivity index (χ0) is 14.7. The van der Waals surface area contributed by atoms with E-state index >= 15 is 0 Å². The van der Waals surface area contributed by atoms with Crippen LogP contribution in [0.15, 0.2) is 12.4 Å². The van der Waals surface area contributed by atoms with Crippen molar-refractivity contribution in [2.75, 3.05) is 11.9 Å². The average Bonchev–Trinajstić information content (AvgIpc) is 2.79. The number of aryl methyl sites for hydroxylation is 1. The minimum absolute atomic E-state index is 0.642. The van der Waals surface area contributed by atoms with Gasteiger partial charge in [-0.25, -0.2) is 9.97 Å². The van der Waals surface area contributed by atoms with E-state index in [0.29, 0.717) is 6.04 Å². The molecule has 0 bridgehead atoms. The molecule has 0 spiro atoms. The molecular weight excluding hydrogens is 258 g/mol. The second-order valence-electron chi connectivity index (χ2n) is 6.55. The fraction of sp³-hybridized carbons (Fsp3) is 0.667. The lowest BCUT2D eigenvalue weighted by atomic mass is 9.84. The Morgan fingerprint density at radius 3 is 2.76 bits per heavy atom. The van der Waals surface area contributed by atoms with Gasteiger partial charge < -0.3 is 4.90 Å². The molecule has 0 radical (unpaired) electrons. The van der Waals surface area contributed by atoms with Crippen molar-refractivity contribution in [2.24, 2.45) is 5.92 Å². The molecule has 1 aromatic rings. The third-order valence-electron chi connectivity index (χ3n) is 5.29. The molecule has 3 nitrogen and oxygen atoms in total. The van der Waals surface area contributed by atoms with Gasteiger partial charge >= 0.3 is 0 Å². The van der Waals surface area contributed by atoms with E-state index in [1.807, 2.05) is 0 Å². The van der Waals surface area contributed by atoms with Crippen molar-refractivity contribution < 1.29 is 0 Å². The Hall–Kier alpha value is -1.38. The molecule has 0 amide bonds. The number of nitrogens with zero attached hydrogens (tertiary/aromatic N) is 3. The molecule has 1 heterocycles. The van der Waals surface area contributed by atoms with Crippen molar-refractivity contribution in [2.45, 2.75) is 64.3 Å². The summed E-state index contributed by atoms with van der Waals surface area (Å²) in [4.78, 5) is 11.5. The highest BCUT2D eigenvalue weighted by Crippen LogP contribution is 2.33.